The van der Waals surface area contributed by atoms with Crippen LogP contribution in [-0.4, -0.2) is 105 Å². The summed E-state index contributed by atoms with van der Waals surface area (Å²) >= 11 is 0. The number of aliphatic hydroxyl groups excluding tert-OH is 5. The van der Waals surface area contributed by atoms with E-state index < -0.39 is 60.7 Å². The van der Waals surface area contributed by atoms with E-state index in [2.05, 4.69) is 5.32 Å². The van der Waals surface area contributed by atoms with Gasteiger partial charge in [-0.2, -0.15) is 0 Å². The molecule has 160 valence electrons. The second-order valence-corrected chi connectivity index (χ2v) is 7.79. The van der Waals surface area contributed by atoms with Crippen molar-refractivity contribution >= 4 is 0 Å². The number of hydrogen-bond donors (Lipinski definition) is 9. The molecular formula is C16H33N3O8. The molecule has 11 nitrogen and oxygen atoms in total. The molecule has 11 N–H and O–H groups in total. The van der Waals surface area contributed by atoms with Crippen LogP contribution in [0.1, 0.15) is 26.2 Å². The van der Waals surface area contributed by atoms with Crippen LogP contribution in [0.3, 0.4) is 0 Å². The first-order chi connectivity index (χ1) is 12.6. The summed E-state index contributed by atoms with van der Waals surface area (Å²) in [7, 11) is 0. The van der Waals surface area contributed by atoms with Crippen molar-refractivity contribution in [2.24, 2.45) is 11.5 Å². The second kappa shape index (κ2) is 9.37. The van der Waals surface area contributed by atoms with Gasteiger partial charge in [-0.15, -0.1) is 0 Å². The standard InChI is InChI=1S/C16H33N3O8/c1-16(25)5-10(21)15(26-6-16)27-13-8(4-7(18)11(22)12(13)23)19-14(24)9(20)2-3-17/h7-15,19-25H,2-6,17-18H2,1H3. The minimum Gasteiger partial charge on any atom is -0.389 e. The highest BCUT2D eigenvalue weighted by Crippen LogP contribution is 2.29. The molecule has 0 aromatic heterocycles. The molecule has 10 unspecified atom stereocenters. The fourth-order valence-corrected chi connectivity index (χ4v) is 3.51. The summed E-state index contributed by atoms with van der Waals surface area (Å²) < 4.78 is 11.0. The average Bonchev–Trinajstić information content (AvgIpc) is 2.57. The molecule has 10 atom stereocenters. The van der Waals surface area contributed by atoms with Crippen molar-refractivity contribution < 1.29 is 40.1 Å². The topological polar surface area (TPSA) is 204 Å². The van der Waals surface area contributed by atoms with E-state index in [4.69, 9.17) is 20.9 Å². The van der Waals surface area contributed by atoms with E-state index in [0.717, 1.165) is 0 Å². The number of nitrogens with two attached hydrogens (primary N) is 2. The van der Waals surface area contributed by atoms with Crippen LogP contribution < -0.4 is 16.8 Å². The van der Waals surface area contributed by atoms with Crippen LogP contribution in [0.4, 0.5) is 0 Å². The van der Waals surface area contributed by atoms with E-state index in [9.17, 15) is 30.6 Å². The molecule has 0 bridgehead atoms. The van der Waals surface area contributed by atoms with Gasteiger partial charge in [0.05, 0.1) is 24.4 Å². The third-order valence-corrected chi connectivity index (χ3v) is 5.07. The Morgan fingerprint density at radius 1 is 1.26 bits per heavy atom. The zero-order valence-corrected chi connectivity index (χ0v) is 15.4. The van der Waals surface area contributed by atoms with E-state index >= 15 is 0 Å². The summed E-state index contributed by atoms with van der Waals surface area (Å²) in [5.74, 6) is 0. The first-order valence-corrected chi connectivity index (χ1v) is 9.17. The molecule has 1 heterocycles. The van der Waals surface area contributed by atoms with Gasteiger partial charge >= 0.3 is 0 Å². The second-order valence-electron chi connectivity index (χ2n) is 7.79. The zero-order valence-electron chi connectivity index (χ0n) is 15.4. The molecule has 0 aromatic rings. The predicted molar refractivity (Wildman–Crippen MR) is 93.1 cm³/mol. The number of ether oxygens (including phenoxy) is 2. The molecule has 0 amide bonds. The van der Waals surface area contributed by atoms with Crippen LogP contribution in [0, 0.1) is 0 Å². The van der Waals surface area contributed by atoms with Gasteiger partial charge in [0, 0.05) is 18.5 Å². The highest BCUT2D eigenvalue weighted by Gasteiger charge is 2.47. The third-order valence-electron chi connectivity index (χ3n) is 5.07. The summed E-state index contributed by atoms with van der Waals surface area (Å²) in [6.45, 7) is 1.62. The largest absolute Gasteiger partial charge is 0.389 e. The number of rotatable bonds is 7. The summed E-state index contributed by atoms with van der Waals surface area (Å²) in [5.41, 5.74) is 10.0. The quantitative estimate of drug-likeness (QED) is 0.188. The van der Waals surface area contributed by atoms with Gasteiger partial charge in [0.1, 0.15) is 24.5 Å². The van der Waals surface area contributed by atoms with Gasteiger partial charge in [0.2, 0.25) is 0 Å². The minimum absolute atomic E-state index is 0.0124. The Hall–Kier alpha value is -0.440. The van der Waals surface area contributed by atoms with Gasteiger partial charge in [0.15, 0.2) is 6.29 Å². The molecule has 0 radical (unpaired) electrons. The van der Waals surface area contributed by atoms with Crippen LogP contribution in [0.25, 0.3) is 0 Å². The molecule has 0 spiro atoms. The van der Waals surface area contributed by atoms with Crippen LogP contribution in [0.2, 0.25) is 0 Å². The van der Waals surface area contributed by atoms with Gasteiger partial charge in [-0.1, -0.05) is 0 Å². The normalized spacial score (nSPS) is 45.4. The maximum atomic E-state index is 10.4. The Labute approximate surface area is 157 Å². The Morgan fingerprint density at radius 2 is 1.93 bits per heavy atom. The molecule has 27 heavy (non-hydrogen) atoms. The van der Waals surface area contributed by atoms with Crippen molar-refractivity contribution in [1.29, 1.82) is 0 Å². The van der Waals surface area contributed by atoms with Crippen LogP contribution >= 0.6 is 0 Å². The molecular weight excluding hydrogens is 362 g/mol. The third kappa shape index (κ3) is 5.78. The van der Waals surface area contributed by atoms with E-state index in [1.54, 1.807) is 0 Å². The van der Waals surface area contributed by atoms with Crippen molar-refractivity contribution in [1.82, 2.24) is 5.32 Å². The van der Waals surface area contributed by atoms with Gasteiger partial charge in [-0.05, 0) is 26.3 Å². The molecule has 2 aliphatic rings. The average molecular weight is 395 g/mol. The van der Waals surface area contributed by atoms with Gasteiger partial charge in [0.25, 0.3) is 0 Å². The summed E-state index contributed by atoms with van der Waals surface area (Å²) in [6.07, 6.45) is -8.24. The SMILES string of the molecule is CC1(O)COC(OC2C(NC(O)C(O)CCN)CC(N)C(O)C2O)C(O)C1. The van der Waals surface area contributed by atoms with Crippen molar-refractivity contribution in [3.8, 4) is 0 Å². The lowest BCUT2D eigenvalue weighted by atomic mass is 9.83. The van der Waals surface area contributed by atoms with Gasteiger partial charge in [-0.3, -0.25) is 5.32 Å². The fraction of sp³-hybridized carbons (Fsp3) is 1.00. The van der Waals surface area contributed by atoms with Crippen molar-refractivity contribution in [2.45, 2.75) is 86.9 Å². The zero-order chi connectivity index (χ0) is 20.4. The molecule has 2 rings (SSSR count). The van der Waals surface area contributed by atoms with E-state index in [1.165, 1.54) is 6.92 Å². The van der Waals surface area contributed by atoms with Gasteiger partial charge in [-0.25, -0.2) is 0 Å². The Balaban J connectivity index is 2.08. The van der Waals surface area contributed by atoms with Crippen LogP contribution in [0.15, 0.2) is 0 Å². The molecule has 1 aliphatic heterocycles. The first kappa shape index (κ1) is 22.8. The molecule has 1 saturated heterocycles. The molecule has 0 aromatic carbocycles. The highest BCUT2D eigenvalue weighted by atomic mass is 16.7. The minimum atomic E-state index is -1.41. The fourth-order valence-electron chi connectivity index (χ4n) is 3.51. The Kier molecular flexibility index (Phi) is 7.93. The van der Waals surface area contributed by atoms with Crippen molar-refractivity contribution in [3.05, 3.63) is 0 Å². The van der Waals surface area contributed by atoms with E-state index in [1.807, 2.05) is 0 Å². The molecule has 11 heteroatoms. The Morgan fingerprint density at radius 3 is 2.52 bits per heavy atom. The lowest BCUT2D eigenvalue weighted by Crippen LogP contribution is -2.66. The van der Waals surface area contributed by atoms with Crippen LogP contribution in [0.5, 0.6) is 0 Å². The van der Waals surface area contributed by atoms with E-state index in [-0.39, 0.29) is 32.4 Å². The molecule has 1 aliphatic carbocycles. The van der Waals surface area contributed by atoms with Gasteiger partial charge < -0.3 is 51.6 Å². The Bertz CT molecular complexity index is 471. The smallest absolute Gasteiger partial charge is 0.184 e. The van der Waals surface area contributed by atoms with E-state index in [0.29, 0.717) is 0 Å². The molecule has 2 fully saturated rings. The van der Waals surface area contributed by atoms with Crippen molar-refractivity contribution in [2.75, 3.05) is 13.2 Å². The lowest BCUT2D eigenvalue weighted by molar-refractivity contribution is -0.291. The predicted octanol–water partition coefficient (Wildman–Crippen LogP) is -4.33. The number of hydrogen-bond acceptors (Lipinski definition) is 11. The molecule has 1 saturated carbocycles. The number of nitrogens with one attached hydrogen (secondary N) is 1. The van der Waals surface area contributed by atoms with Crippen LogP contribution in [-0.2, 0) is 9.47 Å². The summed E-state index contributed by atoms with van der Waals surface area (Å²) in [6, 6.07) is -1.52. The highest BCUT2D eigenvalue weighted by molar-refractivity contribution is 5.00. The van der Waals surface area contributed by atoms with Crippen molar-refractivity contribution in [3.63, 3.8) is 0 Å². The monoisotopic (exact) mass is 395 g/mol. The maximum absolute atomic E-state index is 10.4. The number of aliphatic hydroxyl groups is 6. The summed E-state index contributed by atoms with van der Waals surface area (Å²) in [4.78, 5) is 0. The lowest BCUT2D eigenvalue weighted by Gasteiger charge is -2.45. The first-order valence-electron chi connectivity index (χ1n) is 9.17. The maximum Gasteiger partial charge on any atom is 0.184 e. The summed E-state index contributed by atoms with van der Waals surface area (Å²) in [5, 5.41) is 63.3.